The highest BCUT2D eigenvalue weighted by molar-refractivity contribution is 5.76. The quantitative estimate of drug-likeness (QED) is 0.832. The van der Waals surface area contributed by atoms with E-state index in [1.807, 2.05) is 4.90 Å². The standard InChI is InChI=1S/C16H20FNO2/c17-14-4-2-13(3-5-14)12-18-10-9-16(7-1-11-20-16)8-6-15(18)19/h2-5H,1,6-12H2. The van der Waals surface area contributed by atoms with Crippen molar-refractivity contribution in [1.29, 1.82) is 0 Å². The number of hydrogen-bond acceptors (Lipinski definition) is 2. The van der Waals surface area contributed by atoms with Crippen LogP contribution in [-0.2, 0) is 16.1 Å². The van der Waals surface area contributed by atoms with Gasteiger partial charge in [-0.3, -0.25) is 4.79 Å². The molecule has 0 N–H and O–H groups in total. The third-order valence-electron chi connectivity index (χ3n) is 4.46. The van der Waals surface area contributed by atoms with Crippen molar-refractivity contribution in [2.75, 3.05) is 13.2 Å². The smallest absolute Gasteiger partial charge is 0.222 e. The van der Waals surface area contributed by atoms with E-state index >= 15 is 0 Å². The first kappa shape index (κ1) is 13.6. The molecule has 0 aromatic heterocycles. The summed E-state index contributed by atoms with van der Waals surface area (Å²) in [6.45, 7) is 2.12. The fourth-order valence-electron chi connectivity index (χ4n) is 3.21. The highest BCUT2D eigenvalue weighted by Gasteiger charge is 2.38. The molecule has 0 radical (unpaired) electrons. The topological polar surface area (TPSA) is 29.5 Å². The van der Waals surface area contributed by atoms with Crippen LogP contribution in [0.2, 0.25) is 0 Å². The van der Waals surface area contributed by atoms with Gasteiger partial charge in [0.25, 0.3) is 0 Å². The molecule has 2 fully saturated rings. The number of carbonyl (C=O) groups excluding carboxylic acids is 1. The van der Waals surface area contributed by atoms with Crippen LogP contribution in [0.3, 0.4) is 0 Å². The van der Waals surface area contributed by atoms with Crippen LogP contribution in [0.25, 0.3) is 0 Å². The molecule has 1 spiro atoms. The molecule has 0 aliphatic carbocycles. The van der Waals surface area contributed by atoms with Gasteiger partial charge in [-0.25, -0.2) is 4.39 Å². The molecule has 4 heteroatoms. The summed E-state index contributed by atoms with van der Waals surface area (Å²) < 4.78 is 18.8. The lowest BCUT2D eigenvalue weighted by molar-refractivity contribution is -0.131. The van der Waals surface area contributed by atoms with Crippen LogP contribution in [0.5, 0.6) is 0 Å². The molecular weight excluding hydrogens is 257 g/mol. The Labute approximate surface area is 118 Å². The van der Waals surface area contributed by atoms with Gasteiger partial charge in [0.2, 0.25) is 5.91 Å². The number of halogens is 1. The average Bonchev–Trinajstić information content (AvgIpc) is 2.86. The molecule has 3 nitrogen and oxygen atoms in total. The monoisotopic (exact) mass is 277 g/mol. The normalized spacial score (nSPS) is 27.1. The minimum atomic E-state index is -0.241. The molecule has 2 saturated heterocycles. The Hall–Kier alpha value is -1.42. The van der Waals surface area contributed by atoms with E-state index < -0.39 is 0 Å². The number of amides is 1. The Morgan fingerprint density at radius 1 is 1.20 bits per heavy atom. The SMILES string of the molecule is O=C1CCC2(CCCO2)CCN1Cc1ccc(F)cc1. The Bertz CT molecular complexity index is 480. The Balaban J connectivity index is 1.67. The number of hydrogen-bond donors (Lipinski definition) is 0. The molecular formula is C16H20FNO2. The molecule has 3 rings (SSSR count). The lowest BCUT2D eigenvalue weighted by Crippen LogP contribution is -2.32. The first-order valence-electron chi connectivity index (χ1n) is 7.33. The molecule has 0 saturated carbocycles. The number of nitrogens with zero attached hydrogens (tertiary/aromatic N) is 1. The molecule has 108 valence electrons. The summed E-state index contributed by atoms with van der Waals surface area (Å²) in [6.07, 6.45) is 4.49. The van der Waals surface area contributed by atoms with Crippen molar-refractivity contribution in [1.82, 2.24) is 4.90 Å². The summed E-state index contributed by atoms with van der Waals surface area (Å²) in [5.41, 5.74) is 0.913. The van der Waals surface area contributed by atoms with Crippen LogP contribution in [0.1, 0.15) is 37.7 Å². The Kier molecular flexibility index (Phi) is 3.74. The van der Waals surface area contributed by atoms with E-state index in [1.54, 1.807) is 12.1 Å². The maximum atomic E-state index is 12.9. The van der Waals surface area contributed by atoms with Crippen LogP contribution in [0.4, 0.5) is 4.39 Å². The highest BCUT2D eigenvalue weighted by Crippen LogP contribution is 2.36. The Morgan fingerprint density at radius 3 is 2.70 bits per heavy atom. The summed E-state index contributed by atoms with van der Waals surface area (Å²) in [5, 5.41) is 0. The zero-order valence-corrected chi connectivity index (χ0v) is 11.6. The lowest BCUT2D eigenvalue weighted by Gasteiger charge is -2.26. The highest BCUT2D eigenvalue weighted by atomic mass is 19.1. The zero-order valence-electron chi connectivity index (χ0n) is 11.6. The van der Waals surface area contributed by atoms with Gasteiger partial charge in [-0.1, -0.05) is 12.1 Å². The second kappa shape index (κ2) is 5.52. The van der Waals surface area contributed by atoms with Crippen molar-refractivity contribution in [2.45, 2.75) is 44.2 Å². The molecule has 20 heavy (non-hydrogen) atoms. The van der Waals surface area contributed by atoms with Crippen molar-refractivity contribution in [3.05, 3.63) is 35.6 Å². The molecule has 2 aliphatic rings. The Morgan fingerprint density at radius 2 is 2.00 bits per heavy atom. The van der Waals surface area contributed by atoms with Gasteiger partial charge in [0.05, 0.1) is 5.60 Å². The van der Waals surface area contributed by atoms with Crippen LogP contribution in [0.15, 0.2) is 24.3 Å². The number of carbonyl (C=O) groups is 1. The van der Waals surface area contributed by atoms with Crippen molar-refractivity contribution in [3.8, 4) is 0 Å². The molecule has 2 aliphatic heterocycles. The fraction of sp³-hybridized carbons (Fsp3) is 0.562. The summed E-state index contributed by atoms with van der Waals surface area (Å²) >= 11 is 0. The van der Waals surface area contributed by atoms with Gasteiger partial charge in [-0.15, -0.1) is 0 Å². The number of benzene rings is 1. The third kappa shape index (κ3) is 2.85. The first-order chi connectivity index (χ1) is 9.67. The van der Waals surface area contributed by atoms with Crippen molar-refractivity contribution >= 4 is 5.91 Å². The fourth-order valence-corrected chi connectivity index (χ4v) is 3.21. The third-order valence-corrected chi connectivity index (χ3v) is 4.46. The summed E-state index contributed by atoms with van der Waals surface area (Å²) in [4.78, 5) is 14.1. The predicted molar refractivity (Wildman–Crippen MR) is 73.6 cm³/mol. The van der Waals surface area contributed by atoms with Gasteiger partial charge in [-0.05, 0) is 43.4 Å². The lowest BCUT2D eigenvalue weighted by atomic mass is 9.92. The average molecular weight is 277 g/mol. The summed E-state index contributed by atoms with van der Waals surface area (Å²) in [7, 11) is 0. The van der Waals surface area contributed by atoms with Crippen LogP contribution >= 0.6 is 0 Å². The largest absolute Gasteiger partial charge is 0.375 e. The summed E-state index contributed by atoms with van der Waals surface area (Å²) in [5.74, 6) is -0.0593. The minimum absolute atomic E-state index is 0.0623. The second-order valence-electron chi connectivity index (χ2n) is 5.83. The molecule has 1 aromatic rings. The maximum Gasteiger partial charge on any atom is 0.222 e. The van der Waals surface area contributed by atoms with E-state index in [-0.39, 0.29) is 17.3 Å². The number of rotatable bonds is 2. The van der Waals surface area contributed by atoms with Crippen molar-refractivity contribution in [3.63, 3.8) is 0 Å². The van der Waals surface area contributed by atoms with E-state index in [9.17, 15) is 9.18 Å². The molecule has 0 bridgehead atoms. The number of likely N-dealkylation sites (tertiary alicyclic amines) is 1. The van der Waals surface area contributed by atoms with Crippen molar-refractivity contribution < 1.29 is 13.9 Å². The molecule has 2 heterocycles. The van der Waals surface area contributed by atoms with Crippen LogP contribution < -0.4 is 0 Å². The molecule has 1 unspecified atom stereocenters. The summed E-state index contributed by atoms with van der Waals surface area (Å²) in [6, 6.07) is 6.38. The molecule has 1 atom stereocenters. The van der Waals surface area contributed by atoms with Gasteiger partial charge in [0, 0.05) is 26.1 Å². The van der Waals surface area contributed by atoms with Gasteiger partial charge in [-0.2, -0.15) is 0 Å². The van der Waals surface area contributed by atoms with Gasteiger partial charge in [0.1, 0.15) is 5.82 Å². The van der Waals surface area contributed by atoms with E-state index in [0.29, 0.717) is 13.0 Å². The van der Waals surface area contributed by atoms with E-state index in [2.05, 4.69) is 0 Å². The zero-order chi connectivity index (χ0) is 14.0. The first-order valence-corrected chi connectivity index (χ1v) is 7.33. The molecule has 1 amide bonds. The molecule has 1 aromatic carbocycles. The van der Waals surface area contributed by atoms with Gasteiger partial charge < -0.3 is 9.64 Å². The van der Waals surface area contributed by atoms with Gasteiger partial charge in [0.15, 0.2) is 0 Å². The number of ether oxygens (including phenoxy) is 1. The minimum Gasteiger partial charge on any atom is -0.375 e. The second-order valence-corrected chi connectivity index (χ2v) is 5.83. The van der Waals surface area contributed by atoms with Crippen LogP contribution in [0, 0.1) is 5.82 Å². The van der Waals surface area contributed by atoms with Crippen LogP contribution in [-0.4, -0.2) is 29.6 Å². The predicted octanol–water partition coefficient (Wildman–Crippen LogP) is 2.89. The van der Waals surface area contributed by atoms with Crippen molar-refractivity contribution in [2.24, 2.45) is 0 Å². The van der Waals surface area contributed by atoms with E-state index in [0.717, 1.165) is 44.4 Å². The van der Waals surface area contributed by atoms with E-state index in [4.69, 9.17) is 4.74 Å². The van der Waals surface area contributed by atoms with E-state index in [1.165, 1.54) is 12.1 Å². The van der Waals surface area contributed by atoms with Gasteiger partial charge >= 0.3 is 0 Å². The maximum absolute atomic E-state index is 12.9.